The summed E-state index contributed by atoms with van der Waals surface area (Å²) < 4.78 is 16.0. The molecule has 216 valence electrons. The van der Waals surface area contributed by atoms with Crippen LogP contribution in [0.3, 0.4) is 0 Å². The molecular weight excluding hydrogens is 548 g/mol. The fourth-order valence-electron chi connectivity index (χ4n) is 4.38. The topological polar surface area (TPSA) is 136 Å². The Hall–Kier alpha value is -4.13. The summed E-state index contributed by atoms with van der Waals surface area (Å²) in [7, 11) is 1.60. The van der Waals surface area contributed by atoms with Crippen molar-refractivity contribution in [1.82, 2.24) is 15.2 Å². The van der Waals surface area contributed by atoms with Crippen molar-refractivity contribution in [3.8, 4) is 5.75 Å². The van der Waals surface area contributed by atoms with E-state index in [2.05, 4.69) is 15.6 Å². The second-order valence-corrected chi connectivity index (χ2v) is 10.2. The lowest BCUT2D eigenvalue weighted by atomic mass is 9.91. The van der Waals surface area contributed by atoms with Crippen molar-refractivity contribution in [1.29, 1.82) is 0 Å². The Morgan fingerprint density at radius 1 is 1.05 bits per heavy atom. The van der Waals surface area contributed by atoms with Crippen molar-refractivity contribution < 1.29 is 33.4 Å². The largest absolute Gasteiger partial charge is 0.491 e. The van der Waals surface area contributed by atoms with Gasteiger partial charge in [0.25, 0.3) is 5.91 Å². The molecule has 41 heavy (non-hydrogen) atoms. The molecule has 1 aliphatic heterocycles. The lowest BCUT2D eigenvalue weighted by Crippen LogP contribution is -2.50. The van der Waals surface area contributed by atoms with E-state index in [1.54, 1.807) is 43.7 Å². The minimum atomic E-state index is -1.18. The maximum atomic E-state index is 13.7. The van der Waals surface area contributed by atoms with Gasteiger partial charge in [-0.05, 0) is 23.3 Å². The number of rotatable bonds is 14. The van der Waals surface area contributed by atoms with Gasteiger partial charge >= 0.3 is 6.03 Å². The fourth-order valence-corrected chi connectivity index (χ4v) is 5.13. The minimum Gasteiger partial charge on any atom is -0.491 e. The number of carbonyl (C=O) groups is 4. The Morgan fingerprint density at radius 2 is 1.76 bits per heavy atom. The number of urea groups is 1. The summed E-state index contributed by atoms with van der Waals surface area (Å²) in [5, 5.41) is 7.15. The van der Waals surface area contributed by atoms with Crippen molar-refractivity contribution in [2.45, 2.75) is 31.8 Å². The molecule has 3 unspecified atom stereocenters. The average molecular weight is 581 g/mol. The molecule has 0 radical (unpaired) electrons. The van der Waals surface area contributed by atoms with E-state index in [1.165, 1.54) is 6.92 Å². The second-order valence-electron chi connectivity index (χ2n) is 9.34. The molecule has 0 saturated carbocycles. The van der Waals surface area contributed by atoms with Crippen LogP contribution in [0.15, 0.2) is 60.0 Å². The molecule has 0 bridgehead atoms. The summed E-state index contributed by atoms with van der Waals surface area (Å²) in [6, 6.07) is 13.1. The Morgan fingerprint density at radius 3 is 2.41 bits per heavy atom. The van der Waals surface area contributed by atoms with E-state index >= 15 is 0 Å². The van der Waals surface area contributed by atoms with Crippen molar-refractivity contribution >= 4 is 40.1 Å². The molecule has 2 aromatic carbocycles. The van der Waals surface area contributed by atoms with Gasteiger partial charge in [0.05, 0.1) is 19.8 Å². The van der Waals surface area contributed by atoms with E-state index in [1.807, 2.05) is 30.3 Å². The summed E-state index contributed by atoms with van der Waals surface area (Å²) in [5.41, 5.74) is 1.54. The Bertz CT molecular complexity index is 1360. The van der Waals surface area contributed by atoms with Gasteiger partial charge in [-0.3, -0.25) is 14.4 Å². The molecule has 1 saturated heterocycles. The van der Waals surface area contributed by atoms with Crippen LogP contribution < -0.4 is 15.4 Å². The zero-order valence-corrected chi connectivity index (χ0v) is 23.8. The van der Waals surface area contributed by atoms with Gasteiger partial charge in [-0.2, -0.15) is 0 Å². The summed E-state index contributed by atoms with van der Waals surface area (Å²) >= 11 is 1.09. The number of anilines is 1. The Balaban J connectivity index is 1.51. The monoisotopic (exact) mass is 580 g/mol. The van der Waals surface area contributed by atoms with Gasteiger partial charge in [-0.25, -0.2) is 14.7 Å². The maximum Gasteiger partial charge on any atom is 0.325 e. The van der Waals surface area contributed by atoms with E-state index in [0.29, 0.717) is 37.7 Å². The molecule has 1 aromatic heterocycles. The number of hydrogen-bond donors (Lipinski definition) is 2. The number of ether oxygens (including phenoxy) is 3. The fraction of sp³-hybridized carbons (Fsp3) is 0.345. The van der Waals surface area contributed by atoms with Crippen LogP contribution in [0.25, 0.3) is 0 Å². The quantitative estimate of drug-likeness (QED) is 0.167. The van der Waals surface area contributed by atoms with Gasteiger partial charge in [0.1, 0.15) is 30.1 Å². The lowest BCUT2D eigenvalue weighted by molar-refractivity contribution is -0.134. The molecular formula is C29H32N4O7S. The third-order valence-corrected chi connectivity index (χ3v) is 7.31. The molecule has 3 aromatic rings. The number of imide groups is 1. The Kier molecular flexibility index (Phi) is 10.2. The highest BCUT2D eigenvalue weighted by Gasteiger charge is 2.47. The standard InChI is InChI=1S/C29H32N4O7S/c1-18(20-7-5-4-6-8-20)25(26(35)32-28-30-23(17-41-28)19(2)34)33-27(36)24(31-29(33)37)21-9-11-22(12-10-21)40-16-15-39-14-13-38-3/h4-12,17-18,24-25H,13-16H2,1-3H3,(H,31,37)(H,30,32,35). The first-order valence-electron chi connectivity index (χ1n) is 13.1. The number of nitrogens with zero attached hydrogens (tertiary/aromatic N) is 2. The predicted molar refractivity (Wildman–Crippen MR) is 152 cm³/mol. The predicted octanol–water partition coefficient (Wildman–Crippen LogP) is 3.79. The number of nitrogens with one attached hydrogen (secondary N) is 2. The van der Waals surface area contributed by atoms with Crippen LogP contribution >= 0.6 is 11.3 Å². The molecule has 1 aliphatic rings. The van der Waals surface area contributed by atoms with Crippen LogP contribution in [0.1, 0.15) is 47.4 Å². The summed E-state index contributed by atoms with van der Waals surface area (Å²) in [6.45, 7) is 4.89. The minimum absolute atomic E-state index is 0.203. The van der Waals surface area contributed by atoms with Crippen molar-refractivity contribution in [2.75, 3.05) is 38.9 Å². The number of aromatic nitrogens is 1. The van der Waals surface area contributed by atoms with Gasteiger partial charge in [0.2, 0.25) is 5.91 Å². The molecule has 2 N–H and O–H groups in total. The molecule has 4 rings (SSSR count). The first-order chi connectivity index (χ1) is 19.8. The van der Waals surface area contributed by atoms with Crippen molar-refractivity contribution in [3.05, 3.63) is 76.8 Å². The number of benzene rings is 2. The number of thiazole rings is 1. The average Bonchev–Trinajstić information content (AvgIpc) is 3.56. The van der Waals surface area contributed by atoms with Crippen molar-refractivity contribution in [2.24, 2.45) is 0 Å². The second kappa shape index (κ2) is 14.0. The summed E-state index contributed by atoms with van der Waals surface area (Å²) in [4.78, 5) is 57.3. The van der Waals surface area contributed by atoms with Crippen molar-refractivity contribution in [3.63, 3.8) is 0 Å². The SMILES string of the molecule is COCCOCCOc1ccc(C2NC(=O)N(C(C(=O)Nc3nc(C(C)=O)cs3)C(C)c3ccccc3)C2=O)cc1. The number of hydrogen-bond acceptors (Lipinski definition) is 9. The maximum absolute atomic E-state index is 13.7. The molecule has 12 heteroatoms. The van der Waals surface area contributed by atoms with Crippen LogP contribution in [0.5, 0.6) is 5.75 Å². The molecule has 2 heterocycles. The number of amides is 4. The molecule has 4 amide bonds. The smallest absolute Gasteiger partial charge is 0.325 e. The summed E-state index contributed by atoms with van der Waals surface area (Å²) in [5.74, 6) is -1.34. The Labute approximate surface area is 241 Å². The first kappa shape index (κ1) is 29.8. The van der Waals surface area contributed by atoms with Gasteiger partial charge < -0.3 is 24.8 Å². The lowest BCUT2D eigenvalue weighted by Gasteiger charge is -2.29. The van der Waals surface area contributed by atoms with Crippen LogP contribution in [0, 0.1) is 0 Å². The first-order valence-corrected chi connectivity index (χ1v) is 13.9. The zero-order valence-electron chi connectivity index (χ0n) is 23.0. The summed E-state index contributed by atoms with van der Waals surface area (Å²) in [6.07, 6.45) is 0. The van der Waals surface area contributed by atoms with Gasteiger partial charge in [-0.1, -0.05) is 49.4 Å². The molecule has 0 spiro atoms. The van der Waals surface area contributed by atoms with E-state index in [0.717, 1.165) is 21.8 Å². The third-order valence-electron chi connectivity index (χ3n) is 6.55. The van der Waals surface area contributed by atoms with E-state index in [4.69, 9.17) is 14.2 Å². The highest BCUT2D eigenvalue weighted by atomic mass is 32.1. The molecule has 1 fully saturated rings. The van der Waals surface area contributed by atoms with E-state index < -0.39 is 35.8 Å². The number of methoxy groups -OCH3 is 1. The highest BCUT2D eigenvalue weighted by molar-refractivity contribution is 7.14. The normalized spacial score (nSPS) is 16.3. The molecule has 0 aliphatic carbocycles. The van der Waals surface area contributed by atoms with Gasteiger partial charge in [-0.15, -0.1) is 11.3 Å². The highest BCUT2D eigenvalue weighted by Crippen LogP contribution is 2.32. The van der Waals surface area contributed by atoms with Crippen LogP contribution in [0.2, 0.25) is 0 Å². The van der Waals surface area contributed by atoms with E-state index in [9.17, 15) is 19.2 Å². The number of Topliss-reactive ketones (excluding diaryl/α,β-unsaturated/α-hetero) is 1. The van der Waals surface area contributed by atoms with Gasteiger partial charge in [0.15, 0.2) is 10.9 Å². The van der Waals surface area contributed by atoms with Crippen LogP contribution in [0.4, 0.5) is 9.93 Å². The number of carbonyl (C=O) groups excluding carboxylic acids is 4. The third kappa shape index (κ3) is 7.34. The molecule has 11 nitrogen and oxygen atoms in total. The van der Waals surface area contributed by atoms with Gasteiger partial charge in [0, 0.05) is 25.3 Å². The number of ketones is 1. The van der Waals surface area contributed by atoms with Crippen LogP contribution in [-0.4, -0.2) is 73.1 Å². The van der Waals surface area contributed by atoms with Crippen LogP contribution in [-0.2, 0) is 19.1 Å². The zero-order chi connectivity index (χ0) is 29.4. The molecule has 3 atom stereocenters. The van der Waals surface area contributed by atoms with E-state index in [-0.39, 0.29) is 16.6 Å².